The third-order valence-corrected chi connectivity index (χ3v) is 5.93. The molecule has 1 aromatic carbocycles. The molecule has 0 bridgehead atoms. The van der Waals surface area contributed by atoms with Crippen molar-refractivity contribution in [1.29, 1.82) is 0 Å². The lowest BCUT2D eigenvalue weighted by Crippen LogP contribution is -2.29. The first kappa shape index (κ1) is 19.9. The number of hydrogen-bond donors (Lipinski definition) is 1. The second-order valence-corrected chi connectivity index (χ2v) is 8.48. The van der Waals surface area contributed by atoms with Crippen LogP contribution in [0.4, 0.5) is 13.2 Å². The summed E-state index contributed by atoms with van der Waals surface area (Å²) in [5.74, 6) is 0.131. The molecule has 0 unspecified atom stereocenters. The Morgan fingerprint density at radius 2 is 1.93 bits per heavy atom. The van der Waals surface area contributed by atoms with Crippen LogP contribution in [0.3, 0.4) is 0 Å². The number of nitrogens with zero attached hydrogens (tertiary/aromatic N) is 1. The zero-order valence-corrected chi connectivity index (χ0v) is 17.1. The summed E-state index contributed by atoms with van der Waals surface area (Å²) >= 11 is 5.01. The van der Waals surface area contributed by atoms with E-state index in [1.807, 2.05) is 29.9 Å². The van der Waals surface area contributed by atoms with E-state index in [-0.39, 0.29) is 5.91 Å². The van der Waals surface area contributed by atoms with Gasteiger partial charge in [-0.1, -0.05) is 26.0 Å². The first-order valence-corrected chi connectivity index (χ1v) is 10.0. The number of hydrogen-bond acceptors (Lipinski definition) is 2. The molecular formula is C19H18BrF3N2OS. The second-order valence-electron chi connectivity index (χ2n) is 6.71. The van der Waals surface area contributed by atoms with Gasteiger partial charge in [-0.05, 0) is 45.6 Å². The molecule has 0 spiro atoms. The summed E-state index contributed by atoms with van der Waals surface area (Å²) in [6, 6.07) is 6.86. The predicted molar refractivity (Wildman–Crippen MR) is 105 cm³/mol. The van der Waals surface area contributed by atoms with Crippen LogP contribution in [-0.2, 0) is 12.7 Å². The number of amides is 1. The Bertz CT molecular complexity index is 958. The molecule has 8 heteroatoms. The molecule has 2 aromatic heterocycles. The highest BCUT2D eigenvalue weighted by Gasteiger charge is 2.30. The fraction of sp³-hybridized carbons (Fsp3) is 0.316. The Morgan fingerprint density at radius 1 is 1.26 bits per heavy atom. The van der Waals surface area contributed by atoms with Gasteiger partial charge in [0.05, 0.1) is 20.3 Å². The average Bonchev–Trinajstić information content (AvgIpc) is 3.13. The fourth-order valence-electron chi connectivity index (χ4n) is 2.75. The number of benzene rings is 1. The molecule has 0 aliphatic rings. The van der Waals surface area contributed by atoms with Gasteiger partial charge in [-0.2, -0.15) is 13.2 Å². The minimum atomic E-state index is -4.36. The van der Waals surface area contributed by atoms with E-state index in [2.05, 4.69) is 21.2 Å². The van der Waals surface area contributed by atoms with Crippen LogP contribution < -0.4 is 5.32 Å². The quantitative estimate of drug-likeness (QED) is 0.505. The van der Waals surface area contributed by atoms with Gasteiger partial charge in [0.25, 0.3) is 5.91 Å². The number of rotatable bonds is 5. The molecule has 0 saturated heterocycles. The average molecular weight is 459 g/mol. The molecule has 144 valence electrons. The molecule has 27 heavy (non-hydrogen) atoms. The minimum Gasteiger partial charge on any atom is -0.351 e. The Morgan fingerprint density at radius 3 is 2.52 bits per heavy atom. The molecule has 0 aliphatic carbocycles. The van der Waals surface area contributed by atoms with Crippen LogP contribution in [0.25, 0.3) is 10.2 Å². The largest absolute Gasteiger partial charge is 0.416 e. The topological polar surface area (TPSA) is 34.0 Å². The number of nitrogens with one attached hydrogen (secondary N) is 1. The van der Waals surface area contributed by atoms with Crippen LogP contribution in [0.5, 0.6) is 0 Å². The SMILES string of the molecule is CC(C)CNC(=O)c1cc2scc(Br)c2n1Cc1ccc(C(F)(F)F)cc1. The van der Waals surface area contributed by atoms with Gasteiger partial charge in [0, 0.05) is 18.5 Å². The van der Waals surface area contributed by atoms with Crippen LogP contribution in [0.2, 0.25) is 0 Å². The zero-order valence-electron chi connectivity index (χ0n) is 14.7. The Kier molecular flexibility index (Phi) is 5.67. The van der Waals surface area contributed by atoms with E-state index < -0.39 is 11.7 Å². The Hall–Kier alpha value is -1.80. The van der Waals surface area contributed by atoms with Gasteiger partial charge >= 0.3 is 6.18 Å². The molecule has 2 heterocycles. The predicted octanol–water partition coefficient (Wildman–Crippen LogP) is 5.92. The van der Waals surface area contributed by atoms with Crippen molar-refractivity contribution in [2.45, 2.75) is 26.6 Å². The van der Waals surface area contributed by atoms with E-state index in [1.54, 1.807) is 0 Å². The maximum Gasteiger partial charge on any atom is 0.416 e. The normalized spacial score (nSPS) is 12.1. The third kappa shape index (κ3) is 4.38. The first-order valence-electron chi connectivity index (χ1n) is 8.37. The molecule has 1 N–H and O–H groups in total. The maximum absolute atomic E-state index is 12.8. The van der Waals surface area contributed by atoms with Crippen molar-refractivity contribution in [3.05, 3.63) is 57.0 Å². The number of halogens is 4. The van der Waals surface area contributed by atoms with Gasteiger partial charge in [0.1, 0.15) is 5.69 Å². The number of thiophene rings is 1. The van der Waals surface area contributed by atoms with Crippen molar-refractivity contribution in [2.24, 2.45) is 5.92 Å². The lowest BCUT2D eigenvalue weighted by Gasteiger charge is -2.13. The monoisotopic (exact) mass is 458 g/mol. The van der Waals surface area contributed by atoms with Gasteiger partial charge < -0.3 is 9.88 Å². The van der Waals surface area contributed by atoms with Crippen LogP contribution in [0, 0.1) is 5.92 Å². The highest BCUT2D eigenvalue weighted by atomic mass is 79.9. The summed E-state index contributed by atoms with van der Waals surface area (Å²) in [7, 11) is 0. The Labute approximate surface area is 167 Å². The molecule has 0 aliphatic heterocycles. The lowest BCUT2D eigenvalue weighted by atomic mass is 10.1. The Balaban J connectivity index is 1.95. The molecule has 0 atom stereocenters. The van der Waals surface area contributed by atoms with Gasteiger partial charge in [-0.3, -0.25) is 4.79 Å². The number of carbonyl (C=O) groups excluding carboxylic acids is 1. The van der Waals surface area contributed by atoms with Crippen LogP contribution in [-0.4, -0.2) is 17.0 Å². The van der Waals surface area contributed by atoms with Crippen LogP contribution in [0.1, 0.15) is 35.5 Å². The van der Waals surface area contributed by atoms with E-state index in [9.17, 15) is 18.0 Å². The molecule has 3 rings (SSSR count). The maximum atomic E-state index is 12.8. The summed E-state index contributed by atoms with van der Waals surface area (Å²) in [6.07, 6.45) is -4.36. The molecule has 0 radical (unpaired) electrons. The van der Waals surface area contributed by atoms with Crippen molar-refractivity contribution in [3.63, 3.8) is 0 Å². The van der Waals surface area contributed by atoms with E-state index in [4.69, 9.17) is 0 Å². The second kappa shape index (κ2) is 7.67. The van der Waals surface area contributed by atoms with Gasteiger partial charge in [-0.15, -0.1) is 11.3 Å². The van der Waals surface area contributed by atoms with Gasteiger partial charge in [0.15, 0.2) is 0 Å². The van der Waals surface area contributed by atoms with Crippen molar-refractivity contribution in [3.8, 4) is 0 Å². The fourth-order valence-corrected chi connectivity index (χ4v) is 4.45. The number of alkyl halides is 3. The van der Waals surface area contributed by atoms with Crippen LogP contribution in [0.15, 0.2) is 40.2 Å². The molecule has 0 saturated carbocycles. The summed E-state index contributed by atoms with van der Waals surface area (Å²) in [5, 5.41) is 4.84. The molecule has 0 fully saturated rings. The summed E-state index contributed by atoms with van der Waals surface area (Å²) < 4.78 is 42.0. The summed E-state index contributed by atoms with van der Waals surface area (Å²) in [5.41, 5.74) is 1.37. The first-order chi connectivity index (χ1) is 12.7. The van der Waals surface area contributed by atoms with E-state index in [0.717, 1.165) is 26.8 Å². The van der Waals surface area contributed by atoms with Crippen LogP contribution >= 0.6 is 27.3 Å². The van der Waals surface area contributed by atoms with Crippen molar-refractivity contribution < 1.29 is 18.0 Å². The number of carbonyl (C=O) groups is 1. The highest BCUT2D eigenvalue weighted by Crippen LogP contribution is 2.34. The number of fused-ring (bicyclic) bond motifs is 1. The molecule has 1 amide bonds. The lowest BCUT2D eigenvalue weighted by molar-refractivity contribution is -0.137. The molecular weight excluding hydrogens is 441 g/mol. The van der Waals surface area contributed by atoms with E-state index in [0.29, 0.717) is 30.3 Å². The molecule has 3 nitrogen and oxygen atoms in total. The smallest absolute Gasteiger partial charge is 0.351 e. The minimum absolute atomic E-state index is 0.189. The van der Waals surface area contributed by atoms with Gasteiger partial charge in [-0.25, -0.2) is 0 Å². The standard InChI is InChI=1S/C19H18BrF3N2OS/c1-11(2)8-24-18(26)15-7-16-17(14(20)10-27-16)25(15)9-12-3-5-13(6-4-12)19(21,22)23/h3-7,10-11H,8-9H2,1-2H3,(H,24,26). The van der Waals surface area contributed by atoms with Gasteiger partial charge in [0.2, 0.25) is 0 Å². The van der Waals surface area contributed by atoms with Crippen molar-refractivity contribution >= 4 is 43.4 Å². The summed E-state index contributed by atoms with van der Waals surface area (Å²) in [6.45, 7) is 4.88. The highest BCUT2D eigenvalue weighted by molar-refractivity contribution is 9.10. The van der Waals surface area contributed by atoms with E-state index in [1.165, 1.54) is 23.5 Å². The molecule has 3 aromatic rings. The summed E-state index contributed by atoms with van der Waals surface area (Å²) in [4.78, 5) is 12.6. The van der Waals surface area contributed by atoms with Crippen molar-refractivity contribution in [1.82, 2.24) is 9.88 Å². The van der Waals surface area contributed by atoms with E-state index >= 15 is 0 Å². The van der Waals surface area contributed by atoms with Crippen molar-refractivity contribution in [2.75, 3.05) is 6.54 Å². The zero-order chi connectivity index (χ0) is 19.8. The third-order valence-electron chi connectivity index (χ3n) is 4.10. The number of aromatic nitrogens is 1.